The molecule has 3 rings (SSSR count). The summed E-state index contributed by atoms with van der Waals surface area (Å²) in [6, 6.07) is 10.7. The molecule has 1 atom stereocenters. The lowest BCUT2D eigenvalue weighted by molar-refractivity contribution is -0.139. The van der Waals surface area contributed by atoms with E-state index in [9.17, 15) is 26.4 Å². The number of carbonyl (C=O) groups excluding carboxylic acids is 1. The van der Waals surface area contributed by atoms with Gasteiger partial charge < -0.3 is 9.80 Å². The van der Waals surface area contributed by atoms with E-state index >= 15 is 0 Å². The fourth-order valence-corrected chi connectivity index (χ4v) is 4.99. The smallest absolute Gasteiger partial charge is 0.368 e. The summed E-state index contributed by atoms with van der Waals surface area (Å²) in [6.07, 6.45) is -4.83. The minimum absolute atomic E-state index is 0.387. The first-order valence-corrected chi connectivity index (χ1v) is 11.3. The normalized spacial score (nSPS) is 16.3. The maximum Gasteiger partial charge on any atom is 0.417 e. The summed E-state index contributed by atoms with van der Waals surface area (Å²) in [6.45, 7) is 5.25. The van der Waals surface area contributed by atoms with Gasteiger partial charge in [0.05, 0.1) is 16.5 Å². The summed E-state index contributed by atoms with van der Waals surface area (Å²) >= 11 is 0. The average Bonchev–Trinajstić information content (AvgIpc) is 2.72. The van der Waals surface area contributed by atoms with Crippen LogP contribution in [-0.2, 0) is 21.0 Å². The molecule has 10 heteroatoms. The number of carbonyl (C=O) groups is 1. The summed E-state index contributed by atoms with van der Waals surface area (Å²) in [5.41, 5.74) is 0.900. The third kappa shape index (κ3) is 5.37. The number of piperazine rings is 1. The minimum Gasteiger partial charge on any atom is -0.368 e. The maximum absolute atomic E-state index is 13.2. The van der Waals surface area contributed by atoms with Crippen molar-refractivity contribution in [3.63, 3.8) is 0 Å². The van der Waals surface area contributed by atoms with Crippen molar-refractivity contribution in [2.24, 2.45) is 0 Å². The summed E-state index contributed by atoms with van der Waals surface area (Å²) < 4.78 is 66.8. The summed E-state index contributed by atoms with van der Waals surface area (Å²) in [4.78, 5) is 15.5. The molecule has 0 radical (unpaired) electrons. The maximum atomic E-state index is 13.2. The van der Waals surface area contributed by atoms with Crippen molar-refractivity contribution in [1.29, 1.82) is 0 Å². The highest BCUT2D eigenvalue weighted by Gasteiger charge is 2.38. The van der Waals surface area contributed by atoms with E-state index < -0.39 is 38.6 Å². The second-order valence-corrected chi connectivity index (χ2v) is 9.17. The number of amides is 1. The van der Waals surface area contributed by atoms with Crippen LogP contribution in [0.25, 0.3) is 0 Å². The van der Waals surface area contributed by atoms with Crippen molar-refractivity contribution in [2.45, 2.75) is 31.0 Å². The van der Waals surface area contributed by atoms with Crippen LogP contribution in [0.15, 0.2) is 53.4 Å². The van der Waals surface area contributed by atoms with Crippen molar-refractivity contribution in [2.75, 3.05) is 31.1 Å². The lowest BCUT2D eigenvalue weighted by Crippen LogP contribution is -2.54. The fourth-order valence-electron chi connectivity index (χ4n) is 3.57. The van der Waals surface area contributed by atoms with Crippen LogP contribution in [0.5, 0.6) is 0 Å². The molecule has 0 aliphatic carbocycles. The minimum atomic E-state index is -4.83. The number of nitrogens with one attached hydrogen (secondary N) is 1. The predicted octanol–water partition coefficient (Wildman–Crippen LogP) is 3.03. The molecule has 1 saturated heterocycles. The quantitative estimate of drug-likeness (QED) is 0.753. The first-order valence-electron chi connectivity index (χ1n) is 9.78. The zero-order chi connectivity index (χ0) is 22.8. The first-order chi connectivity index (χ1) is 14.5. The zero-order valence-corrected chi connectivity index (χ0v) is 18.0. The van der Waals surface area contributed by atoms with Crippen molar-refractivity contribution < 1.29 is 26.4 Å². The molecule has 0 saturated carbocycles. The third-order valence-corrected chi connectivity index (χ3v) is 6.74. The SMILES string of the molecule is Cc1cccc(N2CCN(C(=O)[C@H](C)NS(=O)(=O)c3ccccc3C(F)(F)F)CC2)c1. The summed E-state index contributed by atoms with van der Waals surface area (Å²) in [5, 5.41) is 0. The van der Waals surface area contributed by atoms with Crippen LogP contribution in [-0.4, -0.2) is 51.4 Å². The lowest BCUT2D eigenvalue weighted by Gasteiger charge is -2.37. The van der Waals surface area contributed by atoms with Crippen molar-refractivity contribution in [3.05, 3.63) is 59.7 Å². The van der Waals surface area contributed by atoms with E-state index in [0.29, 0.717) is 32.2 Å². The monoisotopic (exact) mass is 455 g/mol. The molecule has 6 nitrogen and oxygen atoms in total. The van der Waals surface area contributed by atoms with Gasteiger partial charge in [-0.15, -0.1) is 0 Å². The van der Waals surface area contributed by atoms with Crippen LogP contribution in [0.3, 0.4) is 0 Å². The van der Waals surface area contributed by atoms with Gasteiger partial charge in [0, 0.05) is 31.9 Å². The lowest BCUT2D eigenvalue weighted by atomic mass is 10.2. The van der Waals surface area contributed by atoms with E-state index in [1.165, 1.54) is 17.9 Å². The second-order valence-electron chi connectivity index (χ2n) is 7.49. The molecule has 0 spiro atoms. The van der Waals surface area contributed by atoms with Crippen LogP contribution in [0.2, 0.25) is 0 Å². The van der Waals surface area contributed by atoms with Gasteiger partial charge in [-0.05, 0) is 43.7 Å². The number of hydrogen-bond donors (Lipinski definition) is 1. The van der Waals surface area contributed by atoms with Gasteiger partial charge in [-0.1, -0.05) is 24.3 Å². The fraction of sp³-hybridized carbons (Fsp3) is 0.381. The van der Waals surface area contributed by atoms with E-state index in [-0.39, 0.29) is 0 Å². The van der Waals surface area contributed by atoms with E-state index in [1.54, 1.807) is 0 Å². The number of anilines is 1. The number of aryl methyl sites for hydroxylation is 1. The number of alkyl halides is 3. The summed E-state index contributed by atoms with van der Waals surface area (Å²) in [5.74, 6) is -0.475. The molecule has 0 bridgehead atoms. The predicted molar refractivity (Wildman–Crippen MR) is 111 cm³/mol. The molecule has 168 valence electrons. The topological polar surface area (TPSA) is 69.7 Å². The Labute approximate surface area is 179 Å². The van der Waals surface area contributed by atoms with Gasteiger partial charge in [-0.2, -0.15) is 17.9 Å². The van der Waals surface area contributed by atoms with Crippen LogP contribution in [0.1, 0.15) is 18.1 Å². The number of benzene rings is 2. The molecule has 1 N–H and O–H groups in total. The van der Waals surface area contributed by atoms with Gasteiger partial charge >= 0.3 is 6.18 Å². The molecule has 1 amide bonds. The first kappa shape index (κ1) is 23.1. The number of halogens is 3. The molecule has 0 unspecified atom stereocenters. The highest BCUT2D eigenvalue weighted by molar-refractivity contribution is 7.89. The standard InChI is InChI=1S/C21H24F3N3O3S/c1-15-6-5-7-17(14-15)26-10-12-27(13-11-26)20(28)16(2)25-31(29,30)19-9-4-3-8-18(19)21(22,23)24/h3-9,14,16,25H,10-13H2,1-2H3/t16-/m0/s1. The van der Waals surface area contributed by atoms with E-state index in [1.807, 2.05) is 31.2 Å². The van der Waals surface area contributed by atoms with Crippen molar-refractivity contribution >= 4 is 21.6 Å². The molecule has 1 heterocycles. The number of rotatable bonds is 5. The summed E-state index contributed by atoms with van der Waals surface area (Å²) in [7, 11) is -4.54. The van der Waals surface area contributed by atoms with Crippen LogP contribution in [0.4, 0.5) is 18.9 Å². The Morgan fingerprint density at radius 3 is 2.29 bits per heavy atom. The van der Waals surface area contributed by atoms with Crippen LogP contribution in [0, 0.1) is 6.92 Å². The van der Waals surface area contributed by atoms with Crippen molar-refractivity contribution in [1.82, 2.24) is 9.62 Å². The average molecular weight is 456 g/mol. The van der Waals surface area contributed by atoms with Crippen LogP contribution < -0.4 is 9.62 Å². The Kier molecular flexibility index (Phi) is 6.61. The Morgan fingerprint density at radius 2 is 1.68 bits per heavy atom. The van der Waals surface area contributed by atoms with Crippen LogP contribution >= 0.6 is 0 Å². The van der Waals surface area contributed by atoms with Crippen molar-refractivity contribution in [3.8, 4) is 0 Å². The van der Waals surface area contributed by atoms with Gasteiger partial charge in [-0.3, -0.25) is 4.79 Å². The van der Waals surface area contributed by atoms with E-state index in [0.717, 1.165) is 23.4 Å². The van der Waals surface area contributed by atoms with Gasteiger partial charge in [0.2, 0.25) is 15.9 Å². The number of sulfonamides is 1. The number of hydrogen-bond acceptors (Lipinski definition) is 4. The molecule has 0 aromatic heterocycles. The molecule has 2 aromatic rings. The van der Waals surface area contributed by atoms with E-state index in [4.69, 9.17) is 0 Å². The van der Waals surface area contributed by atoms with E-state index in [2.05, 4.69) is 9.62 Å². The van der Waals surface area contributed by atoms with Gasteiger partial charge in [0.15, 0.2) is 0 Å². The highest BCUT2D eigenvalue weighted by atomic mass is 32.2. The molecule has 2 aromatic carbocycles. The van der Waals surface area contributed by atoms with Gasteiger partial charge in [-0.25, -0.2) is 8.42 Å². The molecule has 1 aliphatic heterocycles. The highest BCUT2D eigenvalue weighted by Crippen LogP contribution is 2.34. The third-order valence-electron chi connectivity index (χ3n) is 5.14. The molecule has 31 heavy (non-hydrogen) atoms. The zero-order valence-electron chi connectivity index (χ0n) is 17.2. The van der Waals surface area contributed by atoms with Gasteiger partial charge in [0.1, 0.15) is 0 Å². The second kappa shape index (κ2) is 8.88. The Balaban J connectivity index is 1.66. The Hall–Kier alpha value is -2.59. The Bertz CT molecular complexity index is 1050. The number of nitrogens with zero attached hydrogens (tertiary/aromatic N) is 2. The molecular formula is C21H24F3N3O3S. The molecule has 1 fully saturated rings. The molecular weight excluding hydrogens is 431 g/mol. The molecule has 1 aliphatic rings. The van der Waals surface area contributed by atoms with Gasteiger partial charge in [0.25, 0.3) is 0 Å². The Morgan fingerprint density at radius 1 is 1.03 bits per heavy atom. The largest absolute Gasteiger partial charge is 0.417 e.